The van der Waals surface area contributed by atoms with Crippen molar-refractivity contribution < 1.29 is 36.6 Å². The summed E-state index contributed by atoms with van der Waals surface area (Å²) in [4.78, 5) is 12.7. The molecule has 0 aromatic heterocycles. The maximum Gasteiger partial charge on any atom is 0.264 e. The van der Waals surface area contributed by atoms with Crippen LogP contribution in [-0.2, 0) is 14.8 Å². The fourth-order valence-electron chi connectivity index (χ4n) is 3.60. The van der Waals surface area contributed by atoms with Gasteiger partial charge in [-0.05, 0) is 48.5 Å². The van der Waals surface area contributed by atoms with E-state index in [0.717, 1.165) is 16.4 Å². The number of ether oxygens (including phenoxy) is 4. The molecule has 0 unspecified atom stereocenters. The molecule has 1 aliphatic heterocycles. The number of hydrogen-bond donors (Lipinski definition) is 1. The molecular formula is C25H25FN2O7S. The van der Waals surface area contributed by atoms with E-state index in [1.54, 1.807) is 12.1 Å². The molecule has 1 N–H and O–H groups in total. The number of hydrogen-bond acceptors (Lipinski definition) is 7. The summed E-state index contributed by atoms with van der Waals surface area (Å²) >= 11 is 0. The first-order valence-electron chi connectivity index (χ1n) is 11.0. The second-order valence-corrected chi connectivity index (χ2v) is 9.67. The predicted octanol–water partition coefficient (Wildman–Crippen LogP) is 2.99. The van der Waals surface area contributed by atoms with Crippen molar-refractivity contribution in [1.29, 1.82) is 0 Å². The number of para-hydroxylation sites is 2. The highest BCUT2D eigenvalue weighted by Crippen LogP contribution is 2.33. The summed E-state index contributed by atoms with van der Waals surface area (Å²) in [5.41, 5.74) is 0.118. The SMILES string of the molecule is COc1ccc(S(=O)(=O)N(CC(=O)NC[C@H]2COc3ccccc3O2)c2ccc(F)cc2)cc1OC. The van der Waals surface area contributed by atoms with Crippen molar-refractivity contribution in [3.05, 3.63) is 72.5 Å². The highest BCUT2D eigenvalue weighted by Gasteiger charge is 2.29. The molecule has 0 saturated heterocycles. The van der Waals surface area contributed by atoms with E-state index in [0.29, 0.717) is 17.2 Å². The van der Waals surface area contributed by atoms with E-state index in [-0.39, 0.29) is 29.5 Å². The summed E-state index contributed by atoms with van der Waals surface area (Å²) in [6, 6.07) is 16.1. The molecule has 1 amide bonds. The van der Waals surface area contributed by atoms with Crippen molar-refractivity contribution in [1.82, 2.24) is 5.32 Å². The highest BCUT2D eigenvalue weighted by molar-refractivity contribution is 7.92. The van der Waals surface area contributed by atoms with Crippen molar-refractivity contribution in [3.8, 4) is 23.0 Å². The van der Waals surface area contributed by atoms with Crippen LogP contribution >= 0.6 is 0 Å². The van der Waals surface area contributed by atoms with Crippen molar-refractivity contribution in [2.75, 3.05) is 38.2 Å². The van der Waals surface area contributed by atoms with Gasteiger partial charge < -0.3 is 24.3 Å². The maximum absolute atomic E-state index is 13.6. The quantitative estimate of drug-likeness (QED) is 0.466. The van der Waals surface area contributed by atoms with E-state index in [1.807, 2.05) is 12.1 Å². The van der Waals surface area contributed by atoms with E-state index >= 15 is 0 Å². The first-order valence-corrected chi connectivity index (χ1v) is 12.4. The average Bonchev–Trinajstić information content (AvgIpc) is 2.90. The Hall–Kier alpha value is -3.99. The van der Waals surface area contributed by atoms with Gasteiger partial charge in [-0.25, -0.2) is 12.8 Å². The summed E-state index contributed by atoms with van der Waals surface area (Å²) in [7, 11) is -1.43. The molecule has 11 heteroatoms. The number of carbonyl (C=O) groups excluding carboxylic acids is 1. The molecule has 1 heterocycles. The third-order valence-corrected chi connectivity index (χ3v) is 7.21. The lowest BCUT2D eigenvalue weighted by Crippen LogP contribution is -2.45. The molecule has 0 bridgehead atoms. The van der Waals surface area contributed by atoms with E-state index < -0.39 is 34.4 Å². The van der Waals surface area contributed by atoms with Gasteiger partial charge in [0.2, 0.25) is 5.91 Å². The number of fused-ring (bicyclic) bond motifs is 1. The molecule has 3 aromatic carbocycles. The first-order chi connectivity index (χ1) is 17.3. The molecule has 1 atom stereocenters. The summed E-state index contributed by atoms with van der Waals surface area (Å²) in [6.45, 7) is -0.226. The number of halogens is 1. The Morgan fingerprint density at radius 1 is 1.03 bits per heavy atom. The number of anilines is 1. The van der Waals surface area contributed by atoms with E-state index in [4.69, 9.17) is 18.9 Å². The van der Waals surface area contributed by atoms with Crippen LogP contribution in [0.15, 0.2) is 71.6 Å². The molecule has 3 aromatic rings. The van der Waals surface area contributed by atoms with Gasteiger partial charge >= 0.3 is 0 Å². The van der Waals surface area contributed by atoms with Crippen molar-refractivity contribution in [3.63, 3.8) is 0 Å². The molecule has 0 radical (unpaired) electrons. The van der Waals surface area contributed by atoms with E-state index in [2.05, 4.69) is 5.32 Å². The second-order valence-electron chi connectivity index (χ2n) is 7.81. The third-order valence-electron chi connectivity index (χ3n) is 5.44. The van der Waals surface area contributed by atoms with Gasteiger partial charge in [-0.3, -0.25) is 9.10 Å². The molecule has 1 aliphatic rings. The van der Waals surface area contributed by atoms with Crippen LogP contribution in [0.1, 0.15) is 0 Å². The zero-order valence-electron chi connectivity index (χ0n) is 19.6. The molecule has 0 aliphatic carbocycles. The third kappa shape index (κ3) is 5.46. The lowest BCUT2D eigenvalue weighted by Gasteiger charge is -2.27. The Balaban J connectivity index is 1.53. The lowest BCUT2D eigenvalue weighted by molar-refractivity contribution is -0.120. The fourth-order valence-corrected chi connectivity index (χ4v) is 5.04. The summed E-state index contributed by atoms with van der Waals surface area (Å²) in [5.74, 6) is 0.610. The number of amides is 1. The number of rotatable bonds is 9. The molecule has 4 rings (SSSR count). The summed E-state index contributed by atoms with van der Waals surface area (Å²) in [5, 5.41) is 2.69. The highest BCUT2D eigenvalue weighted by atomic mass is 32.2. The topological polar surface area (TPSA) is 103 Å². The predicted molar refractivity (Wildman–Crippen MR) is 130 cm³/mol. The molecule has 0 fully saturated rings. The monoisotopic (exact) mass is 516 g/mol. The summed E-state index contributed by atoms with van der Waals surface area (Å²) in [6.07, 6.45) is -0.453. The molecule has 0 saturated carbocycles. The number of nitrogens with zero attached hydrogens (tertiary/aromatic N) is 1. The van der Waals surface area contributed by atoms with Crippen LogP contribution in [0.2, 0.25) is 0 Å². The number of methoxy groups -OCH3 is 2. The second kappa shape index (κ2) is 10.7. The van der Waals surface area contributed by atoms with E-state index in [9.17, 15) is 17.6 Å². The zero-order chi connectivity index (χ0) is 25.7. The standard InChI is InChI=1S/C25H25FN2O7S/c1-32-21-12-11-20(13-24(21)33-2)36(30,31)28(18-9-7-17(26)8-10-18)15-25(29)27-14-19-16-34-22-5-3-4-6-23(22)35-19/h3-13,19H,14-16H2,1-2H3,(H,27,29)/t19-/m0/s1. The van der Waals surface area contributed by atoms with Gasteiger partial charge in [-0.1, -0.05) is 12.1 Å². The Labute approximate surface area is 208 Å². The number of benzene rings is 3. The van der Waals surface area contributed by atoms with Gasteiger partial charge in [0, 0.05) is 6.07 Å². The summed E-state index contributed by atoms with van der Waals surface area (Å²) < 4.78 is 63.5. The Morgan fingerprint density at radius 3 is 2.42 bits per heavy atom. The number of carbonyl (C=O) groups is 1. The first kappa shape index (κ1) is 25.1. The van der Waals surface area contributed by atoms with Gasteiger partial charge in [-0.2, -0.15) is 0 Å². The molecule has 9 nitrogen and oxygen atoms in total. The number of nitrogens with one attached hydrogen (secondary N) is 1. The zero-order valence-corrected chi connectivity index (χ0v) is 20.5. The van der Waals surface area contributed by atoms with Crippen LogP contribution in [0.5, 0.6) is 23.0 Å². The van der Waals surface area contributed by atoms with Crippen LogP contribution < -0.4 is 28.6 Å². The molecule has 36 heavy (non-hydrogen) atoms. The van der Waals surface area contributed by atoms with Crippen LogP contribution in [0.4, 0.5) is 10.1 Å². The average molecular weight is 517 g/mol. The normalized spacial score (nSPS) is 14.6. The van der Waals surface area contributed by atoms with Crippen LogP contribution in [0, 0.1) is 5.82 Å². The van der Waals surface area contributed by atoms with Crippen LogP contribution in [-0.4, -0.2) is 54.3 Å². The Morgan fingerprint density at radius 2 is 1.72 bits per heavy atom. The Bertz CT molecular complexity index is 1330. The largest absolute Gasteiger partial charge is 0.493 e. The van der Waals surface area contributed by atoms with Crippen LogP contribution in [0.25, 0.3) is 0 Å². The van der Waals surface area contributed by atoms with Gasteiger partial charge in [0.15, 0.2) is 23.0 Å². The van der Waals surface area contributed by atoms with Crippen molar-refractivity contribution in [2.24, 2.45) is 0 Å². The molecular weight excluding hydrogens is 491 g/mol. The molecule has 0 spiro atoms. The minimum absolute atomic E-state index is 0.0980. The van der Waals surface area contributed by atoms with E-state index in [1.165, 1.54) is 44.6 Å². The lowest BCUT2D eigenvalue weighted by atomic mass is 10.2. The van der Waals surface area contributed by atoms with Gasteiger partial charge in [0.25, 0.3) is 10.0 Å². The minimum atomic E-state index is -4.24. The van der Waals surface area contributed by atoms with Gasteiger partial charge in [0.1, 0.15) is 25.1 Å². The minimum Gasteiger partial charge on any atom is -0.493 e. The van der Waals surface area contributed by atoms with Gasteiger partial charge in [-0.15, -0.1) is 0 Å². The van der Waals surface area contributed by atoms with Crippen molar-refractivity contribution in [2.45, 2.75) is 11.0 Å². The smallest absolute Gasteiger partial charge is 0.264 e. The fraction of sp³-hybridized carbons (Fsp3) is 0.240. The van der Waals surface area contributed by atoms with Crippen molar-refractivity contribution >= 4 is 21.6 Å². The molecule has 190 valence electrons. The van der Waals surface area contributed by atoms with Gasteiger partial charge in [0.05, 0.1) is 31.3 Å². The maximum atomic E-state index is 13.6. The Kier molecular flexibility index (Phi) is 7.49. The number of sulfonamides is 1. The van der Waals surface area contributed by atoms with Crippen LogP contribution in [0.3, 0.4) is 0 Å².